The van der Waals surface area contributed by atoms with Crippen molar-refractivity contribution in [1.29, 1.82) is 0 Å². The van der Waals surface area contributed by atoms with Gasteiger partial charge in [-0.2, -0.15) is 0 Å². The van der Waals surface area contributed by atoms with E-state index in [0.717, 1.165) is 6.42 Å². The van der Waals surface area contributed by atoms with Crippen LogP contribution in [0.25, 0.3) is 0 Å². The van der Waals surface area contributed by atoms with Gasteiger partial charge in [-0.15, -0.1) is 0 Å². The largest absolute Gasteiger partial charge is 0.479 e. The molecule has 2 aromatic rings. The number of carbonyl (C=O) groups is 2. The summed E-state index contributed by atoms with van der Waals surface area (Å²) >= 11 is 0. The van der Waals surface area contributed by atoms with Crippen molar-refractivity contribution in [3.05, 3.63) is 65.7 Å². The first-order chi connectivity index (χ1) is 13.6. The van der Waals surface area contributed by atoms with Crippen molar-refractivity contribution < 1.29 is 23.8 Å². The van der Waals surface area contributed by atoms with Crippen molar-refractivity contribution in [3.63, 3.8) is 0 Å². The topological polar surface area (TPSA) is 73.9 Å². The van der Waals surface area contributed by atoms with Crippen molar-refractivity contribution in [2.45, 2.75) is 26.4 Å². The first kappa shape index (κ1) is 21.4. The van der Waals surface area contributed by atoms with Crippen molar-refractivity contribution in [2.24, 2.45) is 0 Å². The second-order valence-electron chi connectivity index (χ2n) is 6.14. The van der Waals surface area contributed by atoms with Crippen LogP contribution < -0.4 is 10.1 Å². The summed E-state index contributed by atoms with van der Waals surface area (Å²) in [6, 6.07) is 16.6. The maximum Gasteiger partial charge on any atom is 0.347 e. The van der Waals surface area contributed by atoms with Gasteiger partial charge in [-0.1, -0.05) is 30.3 Å². The predicted octanol–water partition coefficient (Wildman–Crippen LogP) is 3.01. The van der Waals surface area contributed by atoms with Crippen LogP contribution in [0.3, 0.4) is 0 Å². The van der Waals surface area contributed by atoms with Gasteiger partial charge in [0.1, 0.15) is 12.4 Å². The molecule has 0 saturated carbocycles. The van der Waals surface area contributed by atoms with Gasteiger partial charge in [0.15, 0.2) is 6.10 Å². The van der Waals surface area contributed by atoms with E-state index in [2.05, 4.69) is 5.32 Å². The van der Waals surface area contributed by atoms with E-state index in [0.29, 0.717) is 31.1 Å². The Kier molecular flexibility index (Phi) is 9.01. The lowest BCUT2D eigenvalue weighted by Gasteiger charge is -2.14. The Morgan fingerprint density at radius 2 is 1.71 bits per heavy atom. The highest BCUT2D eigenvalue weighted by Gasteiger charge is 2.16. The van der Waals surface area contributed by atoms with Gasteiger partial charge < -0.3 is 19.5 Å². The first-order valence-corrected chi connectivity index (χ1v) is 9.43. The number of ether oxygens (including phenoxy) is 3. The Labute approximate surface area is 165 Å². The SMILES string of the molecule is CCOCCOC(=O)[C@@H](C)Oc1ccc(C(=O)NCCc2ccccc2)cc1. The third-order valence-electron chi connectivity index (χ3n) is 3.98. The summed E-state index contributed by atoms with van der Waals surface area (Å²) in [4.78, 5) is 24.1. The second kappa shape index (κ2) is 11.8. The summed E-state index contributed by atoms with van der Waals surface area (Å²) < 4.78 is 15.7. The molecular formula is C22H27NO5. The molecule has 1 atom stereocenters. The van der Waals surface area contributed by atoms with Crippen LogP contribution in [-0.4, -0.2) is 44.3 Å². The van der Waals surface area contributed by atoms with Gasteiger partial charge in [0.2, 0.25) is 0 Å². The zero-order valence-electron chi connectivity index (χ0n) is 16.4. The molecule has 150 valence electrons. The summed E-state index contributed by atoms with van der Waals surface area (Å²) in [6.07, 6.45) is 0.0311. The predicted molar refractivity (Wildman–Crippen MR) is 106 cm³/mol. The van der Waals surface area contributed by atoms with E-state index in [-0.39, 0.29) is 12.5 Å². The standard InChI is InChI=1S/C22H27NO5/c1-3-26-15-16-27-22(25)17(2)28-20-11-9-19(10-12-20)21(24)23-14-13-18-7-5-4-6-8-18/h4-12,17H,3,13-16H2,1-2H3,(H,23,24)/t17-/m1/s1. The zero-order valence-corrected chi connectivity index (χ0v) is 16.4. The van der Waals surface area contributed by atoms with E-state index in [1.807, 2.05) is 37.3 Å². The fourth-order valence-corrected chi connectivity index (χ4v) is 2.47. The van der Waals surface area contributed by atoms with Gasteiger partial charge in [-0.05, 0) is 50.1 Å². The van der Waals surface area contributed by atoms with Crippen LogP contribution in [0, 0.1) is 0 Å². The van der Waals surface area contributed by atoms with E-state index in [1.54, 1.807) is 31.2 Å². The monoisotopic (exact) mass is 385 g/mol. The zero-order chi connectivity index (χ0) is 20.2. The molecule has 28 heavy (non-hydrogen) atoms. The number of esters is 1. The van der Waals surface area contributed by atoms with Crippen LogP contribution in [0.2, 0.25) is 0 Å². The Hall–Kier alpha value is -2.86. The second-order valence-corrected chi connectivity index (χ2v) is 6.14. The molecule has 0 bridgehead atoms. The number of rotatable bonds is 11. The van der Waals surface area contributed by atoms with E-state index >= 15 is 0 Å². The Morgan fingerprint density at radius 3 is 2.39 bits per heavy atom. The van der Waals surface area contributed by atoms with Gasteiger partial charge >= 0.3 is 5.97 Å². The third-order valence-corrected chi connectivity index (χ3v) is 3.98. The van der Waals surface area contributed by atoms with Crippen LogP contribution in [0.4, 0.5) is 0 Å². The number of benzene rings is 2. The van der Waals surface area contributed by atoms with Crippen LogP contribution in [0.1, 0.15) is 29.8 Å². The van der Waals surface area contributed by atoms with Crippen molar-refractivity contribution in [2.75, 3.05) is 26.4 Å². The average molecular weight is 385 g/mol. The van der Waals surface area contributed by atoms with E-state index < -0.39 is 12.1 Å². The summed E-state index contributed by atoms with van der Waals surface area (Å²) in [5.74, 6) is -0.108. The quantitative estimate of drug-likeness (QED) is 0.475. The lowest BCUT2D eigenvalue weighted by atomic mass is 10.1. The molecule has 2 aromatic carbocycles. The molecule has 0 aliphatic rings. The van der Waals surface area contributed by atoms with Crippen LogP contribution in [-0.2, 0) is 20.7 Å². The van der Waals surface area contributed by atoms with Gasteiger partial charge in [-0.3, -0.25) is 4.79 Å². The molecule has 0 aliphatic carbocycles. The van der Waals surface area contributed by atoms with E-state index in [1.165, 1.54) is 5.56 Å². The van der Waals surface area contributed by atoms with Crippen molar-refractivity contribution >= 4 is 11.9 Å². The number of nitrogens with one attached hydrogen (secondary N) is 1. The molecule has 1 amide bonds. The fraction of sp³-hybridized carbons (Fsp3) is 0.364. The Morgan fingerprint density at radius 1 is 1.00 bits per heavy atom. The minimum Gasteiger partial charge on any atom is -0.479 e. The maximum atomic E-state index is 12.2. The first-order valence-electron chi connectivity index (χ1n) is 9.43. The molecule has 1 N–H and O–H groups in total. The van der Waals surface area contributed by atoms with Crippen LogP contribution in [0.5, 0.6) is 5.75 Å². The highest BCUT2D eigenvalue weighted by Crippen LogP contribution is 2.14. The van der Waals surface area contributed by atoms with Crippen molar-refractivity contribution in [1.82, 2.24) is 5.32 Å². The van der Waals surface area contributed by atoms with Gasteiger partial charge in [-0.25, -0.2) is 4.79 Å². The van der Waals surface area contributed by atoms with E-state index in [9.17, 15) is 9.59 Å². The number of hydrogen-bond acceptors (Lipinski definition) is 5. The van der Waals surface area contributed by atoms with Crippen LogP contribution in [0.15, 0.2) is 54.6 Å². The molecule has 2 rings (SSSR count). The normalized spacial score (nSPS) is 11.5. The number of amides is 1. The number of carbonyl (C=O) groups excluding carboxylic acids is 2. The molecule has 6 nitrogen and oxygen atoms in total. The average Bonchev–Trinajstić information content (AvgIpc) is 2.72. The summed E-state index contributed by atoms with van der Waals surface area (Å²) in [5, 5.41) is 2.89. The maximum absolute atomic E-state index is 12.2. The van der Waals surface area contributed by atoms with Crippen molar-refractivity contribution in [3.8, 4) is 5.75 Å². The summed E-state index contributed by atoms with van der Waals surface area (Å²) in [6.45, 7) is 5.20. The molecular weight excluding hydrogens is 358 g/mol. The van der Waals surface area contributed by atoms with Gasteiger partial charge in [0.05, 0.1) is 6.61 Å². The van der Waals surface area contributed by atoms with Gasteiger partial charge in [0, 0.05) is 18.7 Å². The van der Waals surface area contributed by atoms with Gasteiger partial charge in [0.25, 0.3) is 5.91 Å². The summed E-state index contributed by atoms with van der Waals surface area (Å²) in [7, 11) is 0. The molecule has 0 fully saturated rings. The number of hydrogen-bond donors (Lipinski definition) is 1. The molecule has 0 spiro atoms. The molecule has 0 heterocycles. The fourth-order valence-electron chi connectivity index (χ4n) is 2.47. The van der Waals surface area contributed by atoms with E-state index in [4.69, 9.17) is 14.2 Å². The minimum absolute atomic E-state index is 0.147. The lowest BCUT2D eigenvalue weighted by molar-refractivity contribution is -0.152. The Balaban J connectivity index is 1.75. The molecule has 0 radical (unpaired) electrons. The highest BCUT2D eigenvalue weighted by molar-refractivity contribution is 5.94. The third kappa shape index (κ3) is 7.40. The van der Waals surface area contributed by atoms with Crippen LogP contribution >= 0.6 is 0 Å². The molecule has 0 aliphatic heterocycles. The summed E-state index contributed by atoms with van der Waals surface area (Å²) in [5.41, 5.74) is 1.71. The molecule has 6 heteroatoms. The molecule has 0 saturated heterocycles. The smallest absolute Gasteiger partial charge is 0.347 e. The minimum atomic E-state index is -0.743. The molecule has 0 unspecified atom stereocenters. The molecule has 0 aromatic heterocycles. The Bertz CT molecular complexity index is 730. The lowest BCUT2D eigenvalue weighted by Crippen LogP contribution is -2.27. The highest BCUT2D eigenvalue weighted by atomic mass is 16.6.